The number of halogens is 2. The van der Waals surface area contributed by atoms with E-state index in [0.717, 1.165) is 45.3 Å². The first-order valence-electron chi connectivity index (χ1n) is 12.4. The van der Waals surface area contributed by atoms with E-state index in [1.54, 1.807) is 0 Å². The Morgan fingerprint density at radius 2 is 1.18 bits per heavy atom. The monoisotopic (exact) mass is 543 g/mol. The topological polar surface area (TPSA) is 96.8 Å². The average Bonchev–Trinajstić information content (AvgIpc) is 2.82. The third-order valence-corrected chi connectivity index (χ3v) is 6.51. The number of esters is 1. The Morgan fingerprint density at radius 3 is 1.61 bits per heavy atom. The van der Waals surface area contributed by atoms with Crippen LogP contribution in [0, 0.1) is 5.92 Å². The molecular formula is C23H40Cl2MnN5O2-5. The van der Waals surface area contributed by atoms with Crippen LogP contribution in [0.2, 0.25) is 0 Å². The zero-order valence-corrected chi connectivity index (χ0v) is 22.7. The molecule has 195 valence electrons. The van der Waals surface area contributed by atoms with Crippen LogP contribution < -0.4 is 0 Å². The van der Waals surface area contributed by atoms with Crippen LogP contribution >= 0.6 is 20.2 Å². The van der Waals surface area contributed by atoms with Crippen molar-refractivity contribution in [2.24, 2.45) is 5.92 Å². The Kier molecular flexibility index (Phi) is 15.9. The minimum absolute atomic E-state index is 0.00694. The van der Waals surface area contributed by atoms with Gasteiger partial charge >= 0.3 is 39.3 Å². The second-order valence-electron chi connectivity index (χ2n) is 9.32. The molecule has 2 saturated carbocycles. The average molecular weight is 544 g/mol. The van der Waals surface area contributed by atoms with Gasteiger partial charge in [-0.15, -0.1) is 6.04 Å². The molecule has 0 aromatic heterocycles. The minimum atomic E-state index is -0.164. The predicted octanol–water partition coefficient (Wildman–Crippen LogP) is 6.44. The molecule has 0 unspecified atom stereocenters. The van der Waals surface area contributed by atoms with Crippen molar-refractivity contribution in [1.29, 1.82) is 0 Å². The van der Waals surface area contributed by atoms with Crippen molar-refractivity contribution in [1.82, 2.24) is 0 Å². The van der Waals surface area contributed by atoms with Gasteiger partial charge in [0.2, 0.25) is 0 Å². The molecule has 3 rings (SSSR count). The number of carbonyl (C=O) groups excluding carboxylic acids is 1. The van der Waals surface area contributed by atoms with Crippen molar-refractivity contribution in [2.75, 3.05) is 39.3 Å². The number of fused-ring (bicyclic) bond motifs is 2. The number of hydrogen-bond donors (Lipinski definition) is 0. The molecule has 5 atom stereocenters. The molecule has 0 radical (unpaired) electrons. The zero-order valence-electron chi connectivity index (χ0n) is 20.1. The van der Waals surface area contributed by atoms with Crippen LogP contribution in [0.4, 0.5) is 0 Å². The molecule has 0 N–H and O–H groups in total. The van der Waals surface area contributed by atoms with Crippen LogP contribution in [-0.2, 0) is 22.7 Å². The van der Waals surface area contributed by atoms with E-state index in [9.17, 15) is 4.79 Å². The molecule has 7 nitrogen and oxygen atoms in total. The summed E-state index contributed by atoms with van der Waals surface area (Å²) in [6, 6.07) is 1.19. The third-order valence-electron chi connectivity index (χ3n) is 6.51. The maximum absolute atomic E-state index is 11.9. The standard InChI is InChI=1S/C23H40N5O2.2ClH.Mn/c1-17(2)23(29)30-16-18-15-28-22-10-6-5-9-21(22)27-14-13-26-20-8-4-3-7-19(20)25-12-11-24-18;;;/h17-22H,3-16H2,1-2H3;2*1H;/q-5;;;+2/p-2/t18-,19+,20+,21+,22+;;;/m0.../s1. The first-order valence-corrected chi connectivity index (χ1v) is 15.7. The van der Waals surface area contributed by atoms with Crippen LogP contribution in [0.25, 0.3) is 26.6 Å². The number of carbonyl (C=O) groups is 1. The number of rotatable bonds is 3. The molecule has 2 aliphatic carbocycles. The number of nitrogens with zero attached hydrogens (tertiary/aromatic N) is 5. The van der Waals surface area contributed by atoms with Crippen molar-refractivity contribution < 1.29 is 22.7 Å². The summed E-state index contributed by atoms with van der Waals surface area (Å²) in [7, 11) is 9.59. The van der Waals surface area contributed by atoms with E-state index in [0.29, 0.717) is 37.8 Å². The quantitative estimate of drug-likeness (QED) is 0.302. The van der Waals surface area contributed by atoms with Crippen LogP contribution in [-0.4, -0.2) is 75.5 Å². The van der Waals surface area contributed by atoms with Crippen molar-refractivity contribution in [3.63, 3.8) is 0 Å². The van der Waals surface area contributed by atoms with Gasteiger partial charge in [-0.1, -0.05) is 65.2 Å². The fraction of sp³-hybridized carbons (Fsp3) is 0.957. The molecule has 0 spiro atoms. The van der Waals surface area contributed by atoms with Gasteiger partial charge in [-0.2, -0.15) is 56.9 Å². The summed E-state index contributed by atoms with van der Waals surface area (Å²) in [5, 5.41) is 24.7. The van der Waals surface area contributed by atoms with Gasteiger partial charge in [0.15, 0.2) is 0 Å². The Hall–Kier alpha value is 0.369. The van der Waals surface area contributed by atoms with Crippen LogP contribution in [0.3, 0.4) is 0 Å². The molecule has 33 heavy (non-hydrogen) atoms. The van der Waals surface area contributed by atoms with Gasteiger partial charge in [0.1, 0.15) is 0 Å². The first-order chi connectivity index (χ1) is 16.0. The Bertz CT molecular complexity index is 535. The van der Waals surface area contributed by atoms with Gasteiger partial charge in [0.05, 0.1) is 12.5 Å². The molecule has 3 aliphatic rings. The summed E-state index contributed by atoms with van der Waals surface area (Å²) in [6.07, 6.45) is 9.48. The molecular weight excluding hydrogens is 504 g/mol. The van der Waals surface area contributed by atoms with Gasteiger partial charge in [0.25, 0.3) is 0 Å². The summed E-state index contributed by atoms with van der Waals surface area (Å²) in [4.78, 5) is 11.9. The van der Waals surface area contributed by atoms with Gasteiger partial charge in [-0.25, -0.2) is 0 Å². The Balaban J connectivity index is 0.00000122. The molecule has 0 aromatic rings. The van der Waals surface area contributed by atoms with Gasteiger partial charge in [0, 0.05) is 0 Å². The third kappa shape index (κ3) is 11.8. The van der Waals surface area contributed by atoms with E-state index >= 15 is 0 Å². The van der Waals surface area contributed by atoms with E-state index in [1.807, 2.05) is 13.8 Å². The fourth-order valence-corrected chi connectivity index (χ4v) is 4.71. The molecule has 0 amide bonds. The number of hydrogen-bond acceptors (Lipinski definition) is 2. The second kappa shape index (κ2) is 17.7. The SMILES string of the molecule is CC(C)C(=O)OC[C@@H]1C[N-][C@@H]2CCCC[C@H]2[N-]CC[N-][C@@H]2CCCC[C@H]2[N-]CC[N-]1.[Cl][Mn][Cl]. The van der Waals surface area contributed by atoms with Crippen LogP contribution in [0.1, 0.15) is 65.2 Å². The number of ether oxygens (including phenoxy) is 1. The maximum atomic E-state index is 11.9. The van der Waals surface area contributed by atoms with E-state index in [4.69, 9.17) is 51.5 Å². The molecule has 10 heteroatoms. The Morgan fingerprint density at radius 1 is 0.788 bits per heavy atom. The van der Waals surface area contributed by atoms with Crippen molar-refractivity contribution in [2.45, 2.75) is 95.4 Å². The van der Waals surface area contributed by atoms with Gasteiger partial charge < -0.3 is 31.3 Å². The summed E-state index contributed by atoms with van der Waals surface area (Å²) in [5.41, 5.74) is 0. The fourth-order valence-electron chi connectivity index (χ4n) is 4.71. The Labute approximate surface area is 215 Å². The summed E-state index contributed by atoms with van der Waals surface area (Å²) >= 11 is 0.00694. The van der Waals surface area contributed by atoms with E-state index in [2.05, 4.69) is 0 Å². The molecule has 0 aromatic carbocycles. The summed E-state index contributed by atoms with van der Waals surface area (Å²) < 4.78 is 5.49. The molecule has 1 saturated heterocycles. The molecule has 3 fully saturated rings. The predicted molar refractivity (Wildman–Crippen MR) is 135 cm³/mol. The van der Waals surface area contributed by atoms with Gasteiger partial charge in [-0.3, -0.25) is 4.79 Å². The van der Waals surface area contributed by atoms with Crippen molar-refractivity contribution in [3.8, 4) is 0 Å². The van der Waals surface area contributed by atoms with Crippen molar-refractivity contribution in [3.05, 3.63) is 26.6 Å². The van der Waals surface area contributed by atoms with Gasteiger partial charge in [-0.05, 0) is 0 Å². The van der Waals surface area contributed by atoms with Crippen molar-refractivity contribution >= 4 is 26.2 Å². The van der Waals surface area contributed by atoms with E-state index in [1.165, 1.54) is 25.7 Å². The molecule has 1 aliphatic heterocycles. The first kappa shape index (κ1) is 29.6. The molecule has 1 heterocycles. The summed E-state index contributed by atoms with van der Waals surface area (Å²) in [6.45, 7) is 7.66. The van der Waals surface area contributed by atoms with E-state index in [-0.39, 0.29) is 37.1 Å². The normalized spacial score (nSPS) is 32.2. The zero-order chi connectivity index (χ0) is 23.9. The summed E-state index contributed by atoms with van der Waals surface area (Å²) in [5.74, 6) is -0.282. The second-order valence-corrected chi connectivity index (χ2v) is 11.3. The van der Waals surface area contributed by atoms with E-state index < -0.39 is 0 Å². The molecule has 0 bridgehead atoms. The van der Waals surface area contributed by atoms with Crippen LogP contribution in [0.5, 0.6) is 0 Å². The van der Waals surface area contributed by atoms with Crippen LogP contribution in [0.15, 0.2) is 0 Å².